The Labute approximate surface area is 160 Å². The van der Waals surface area contributed by atoms with E-state index in [0.29, 0.717) is 10.7 Å². The van der Waals surface area contributed by atoms with Crippen LogP contribution in [-0.4, -0.2) is 47.1 Å². The van der Waals surface area contributed by atoms with Gasteiger partial charge in [-0.05, 0) is 31.0 Å². The molecular formula is C17H19ClN4O5. The van der Waals surface area contributed by atoms with E-state index in [2.05, 4.69) is 20.4 Å². The normalized spacial score (nSPS) is 11.6. The molecule has 2 rings (SSSR count). The predicted octanol–water partition coefficient (Wildman–Crippen LogP) is 2.40. The van der Waals surface area contributed by atoms with Crippen LogP contribution in [0.4, 0.5) is 5.69 Å². The van der Waals surface area contributed by atoms with Gasteiger partial charge in [-0.2, -0.15) is 0 Å². The highest BCUT2D eigenvalue weighted by Gasteiger charge is 2.32. The second-order valence-corrected chi connectivity index (χ2v) is 6.02. The van der Waals surface area contributed by atoms with Crippen LogP contribution in [0.25, 0.3) is 0 Å². The van der Waals surface area contributed by atoms with Crippen LogP contribution >= 0.6 is 11.6 Å². The maximum Gasteiger partial charge on any atom is 0.361 e. The zero-order valence-electron chi connectivity index (χ0n) is 15.3. The highest BCUT2D eigenvalue weighted by atomic mass is 35.5. The van der Waals surface area contributed by atoms with E-state index in [1.807, 2.05) is 6.92 Å². The number of aryl methyl sites for hydroxylation is 1. The molecule has 10 heteroatoms. The van der Waals surface area contributed by atoms with Crippen molar-refractivity contribution in [3.05, 3.63) is 40.2 Å². The van der Waals surface area contributed by atoms with E-state index in [9.17, 15) is 14.4 Å². The molecule has 0 bridgehead atoms. The third-order valence-electron chi connectivity index (χ3n) is 3.89. The topological polar surface area (TPSA) is 112 Å². The molecule has 1 N–H and O–H groups in total. The molecule has 1 amide bonds. The summed E-state index contributed by atoms with van der Waals surface area (Å²) in [5.74, 6) is -2.16. The summed E-state index contributed by atoms with van der Waals surface area (Å²) < 4.78 is 10.4. The van der Waals surface area contributed by atoms with Crippen molar-refractivity contribution >= 4 is 35.1 Å². The molecule has 2 aromatic rings. The Bertz CT molecular complexity index is 880. The summed E-state index contributed by atoms with van der Waals surface area (Å²) in [6.45, 7) is 3.55. The number of esters is 2. The average molecular weight is 395 g/mol. The van der Waals surface area contributed by atoms with Gasteiger partial charge in [0.2, 0.25) is 11.6 Å². The summed E-state index contributed by atoms with van der Waals surface area (Å²) in [6.07, 6.45) is 0.277. The molecule has 0 fully saturated rings. The molecule has 0 aliphatic carbocycles. The molecule has 0 saturated carbocycles. The van der Waals surface area contributed by atoms with E-state index in [0.717, 1.165) is 24.5 Å². The minimum absolute atomic E-state index is 0.255. The highest BCUT2D eigenvalue weighted by molar-refractivity contribution is 6.31. The number of carbonyl (C=O) groups is 3. The fraction of sp³-hybridized carbons (Fsp3) is 0.353. The van der Waals surface area contributed by atoms with Crippen molar-refractivity contribution in [2.45, 2.75) is 26.3 Å². The Morgan fingerprint density at radius 3 is 2.48 bits per heavy atom. The van der Waals surface area contributed by atoms with E-state index >= 15 is 0 Å². The van der Waals surface area contributed by atoms with Gasteiger partial charge in [-0.15, -0.1) is 5.10 Å². The number of hydrogen-bond acceptors (Lipinski definition) is 7. The van der Waals surface area contributed by atoms with Gasteiger partial charge < -0.3 is 14.8 Å². The third kappa shape index (κ3) is 4.25. The SMILES string of the molecule is CC[C@@H](C(=O)Nc1cc(Cl)ccc1C)n1nnc(C(=O)OC)c1C(=O)OC. The molecule has 1 atom stereocenters. The molecule has 0 unspecified atom stereocenters. The summed E-state index contributed by atoms with van der Waals surface area (Å²) in [4.78, 5) is 36.8. The highest BCUT2D eigenvalue weighted by Crippen LogP contribution is 2.23. The second kappa shape index (κ2) is 8.63. The van der Waals surface area contributed by atoms with Crippen LogP contribution < -0.4 is 5.32 Å². The number of aromatic nitrogens is 3. The summed E-state index contributed by atoms with van der Waals surface area (Å²) in [5, 5.41) is 10.7. The van der Waals surface area contributed by atoms with Crippen LogP contribution in [0.1, 0.15) is 45.9 Å². The van der Waals surface area contributed by atoms with Crippen molar-refractivity contribution in [3.63, 3.8) is 0 Å². The molecule has 0 radical (unpaired) electrons. The molecule has 0 spiro atoms. The van der Waals surface area contributed by atoms with Crippen molar-refractivity contribution in [1.29, 1.82) is 0 Å². The van der Waals surface area contributed by atoms with Gasteiger partial charge in [0.05, 0.1) is 14.2 Å². The summed E-state index contributed by atoms with van der Waals surface area (Å²) in [6, 6.07) is 4.18. The molecular weight excluding hydrogens is 376 g/mol. The van der Waals surface area contributed by atoms with E-state index < -0.39 is 23.9 Å². The van der Waals surface area contributed by atoms with E-state index in [1.54, 1.807) is 25.1 Å². The van der Waals surface area contributed by atoms with Gasteiger partial charge >= 0.3 is 11.9 Å². The lowest BCUT2D eigenvalue weighted by molar-refractivity contribution is -0.119. The van der Waals surface area contributed by atoms with Crippen LogP contribution in [0.2, 0.25) is 5.02 Å². The molecule has 1 heterocycles. The number of nitrogens with one attached hydrogen (secondary N) is 1. The molecule has 9 nitrogen and oxygen atoms in total. The molecule has 144 valence electrons. The van der Waals surface area contributed by atoms with Crippen LogP contribution in [-0.2, 0) is 14.3 Å². The van der Waals surface area contributed by atoms with Crippen molar-refractivity contribution in [2.75, 3.05) is 19.5 Å². The number of hydrogen-bond donors (Lipinski definition) is 1. The number of carbonyl (C=O) groups excluding carboxylic acids is 3. The van der Waals surface area contributed by atoms with Crippen molar-refractivity contribution in [2.24, 2.45) is 0 Å². The van der Waals surface area contributed by atoms with Crippen molar-refractivity contribution in [3.8, 4) is 0 Å². The van der Waals surface area contributed by atoms with Gasteiger partial charge in [0, 0.05) is 10.7 Å². The average Bonchev–Trinajstić information content (AvgIpc) is 3.08. The van der Waals surface area contributed by atoms with Crippen LogP contribution in [0, 0.1) is 6.92 Å². The maximum absolute atomic E-state index is 12.8. The van der Waals surface area contributed by atoms with Crippen molar-refractivity contribution < 1.29 is 23.9 Å². The molecule has 0 aliphatic rings. The quantitative estimate of drug-likeness (QED) is 0.748. The fourth-order valence-electron chi connectivity index (χ4n) is 2.45. The molecule has 0 saturated heterocycles. The Balaban J connectivity index is 2.43. The zero-order chi connectivity index (χ0) is 20.1. The van der Waals surface area contributed by atoms with E-state index in [1.165, 1.54) is 0 Å². The Morgan fingerprint density at radius 2 is 1.89 bits per heavy atom. The first-order valence-electron chi connectivity index (χ1n) is 8.02. The second-order valence-electron chi connectivity index (χ2n) is 5.59. The van der Waals surface area contributed by atoms with E-state index in [4.69, 9.17) is 16.3 Å². The Morgan fingerprint density at radius 1 is 1.22 bits per heavy atom. The lowest BCUT2D eigenvalue weighted by Gasteiger charge is -2.18. The smallest absolute Gasteiger partial charge is 0.361 e. The lowest BCUT2D eigenvalue weighted by Crippen LogP contribution is -2.29. The standard InChI is InChI=1S/C17H19ClN4O5/c1-5-12(15(23)19-11-8-10(18)7-6-9(11)2)22-14(17(25)27-4)13(20-21-22)16(24)26-3/h6-8,12H,5H2,1-4H3,(H,19,23)/t12-/m0/s1. The molecule has 1 aromatic carbocycles. The number of amides is 1. The number of ether oxygens (including phenoxy) is 2. The number of halogens is 1. The van der Waals surface area contributed by atoms with Gasteiger partial charge in [-0.25, -0.2) is 14.3 Å². The molecule has 0 aliphatic heterocycles. The van der Waals surface area contributed by atoms with Gasteiger partial charge in [0.15, 0.2) is 5.69 Å². The summed E-state index contributed by atoms with van der Waals surface area (Å²) in [7, 11) is 2.30. The summed E-state index contributed by atoms with van der Waals surface area (Å²) >= 11 is 5.98. The van der Waals surface area contributed by atoms with Gasteiger partial charge in [0.1, 0.15) is 6.04 Å². The number of benzene rings is 1. The van der Waals surface area contributed by atoms with Crippen LogP contribution in [0.15, 0.2) is 18.2 Å². The largest absolute Gasteiger partial charge is 0.464 e. The third-order valence-corrected chi connectivity index (χ3v) is 4.13. The number of methoxy groups -OCH3 is 2. The Kier molecular flexibility index (Phi) is 6.51. The maximum atomic E-state index is 12.8. The lowest BCUT2D eigenvalue weighted by atomic mass is 10.1. The van der Waals surface area contributed by atoms with Gasteiger partial charge in [-0.3, -0.25) is 4.79 Å². The Hall–Kier alpha value is -2.94. The number of rotatable bonds is 6. The van der Waals surface area contributed by atoms with Crippen LogP contribution in [0.5, 0.6) is 0 Å². The summed E-state index contributed by atoms with van der Waals surface area (Å²) in [5.41, 5.74) is 0.757. The van der Waals surface area contributed by atoms with Crippen molar-refractivity contribution in [1.82, 2.24) is 15.0 Å². The zero-order valence-corrected chi connectivity index (χ0v) is 16.0. The first-order chi connectivity index (χ1) is 12.8. The fourth-order valence-corrected chi connectivity index (χ4v) is 2.62. The number of anilines is 1. The minimum Gasteiger partial charge on any atom is -0.464 e. The first-order valence-corrected chi connectivity index (χ1v) is 8.40. The van der Waals surface area contributed by atoms with Gasteiger partial charge in [-0.1, -0.05) is 29.8 Å². The monoisotopic (exact) mass is 394 g/mol. The predicted molar refractivity (Wildman–Crippen MR) is 96.8 cm³/mol. The number of nitrogens with zero attached hydrogens (tertiary/aromatic N) is 3. The van der Waals surface area contributed by atoms with E-state index in [-0.39, 0.29) is 17.8 Å². The molecule has 1 aromatic heterocycles. The molecule has 27 heavy (non-hydrogen) atoms. The first kappa shape index (κ1) is 20.4. The van der Waals surface area contributed by atoms with Crippen LogP contribution in [0.3, 0.4) is 0 Å². The minimum atomic E-state index is -0.914. The van der Waals surface area contributed by atoms with Gasteiger partial charge in [0.25, 0.3) is 0 Å².